The van der Waals surface area contributed by atoms with Crippen molar-refractivity contribution in [1.29, 1.82) is 0 Å². The fourth-order valence-electron chi connectivity index (χ4n) is 3.53. The number of aliphatic imine (C=N–C) groups is 1. The predicted octanol–water partition coefficient (Wildman–Crippen LogP) is 1.50. The third-order valence-electron chi connectivity index (χ3n) is 5.43. The lowest BCUT2D eigenvalue weighted by molar-refractivity contribution is 0.384. The summed E-state index contributed by atoms with van der Waals surface area (Å²) in [4.78, 5) is 10.7. The fraction of sp³-hybridized carbons (Fsp3) is 0.455. The van der Waals surface area contributed by atoms with Crippen LogP contribution in [0.5, 0.6) is 0 Å². The van der Waals surface area contributed by atoms with Crippen molar-refractivity contribution in [2.75, 3.05) is 57.0 Å². The molecule has 1 fully saturated rings. The number of pyridine rings is 1. The highest BCUT2D eigenvalue weighted by atomic mass is 32.2. The van der Waals surface area contributed by atoms with Gasteiger partial charge in [-0.1, -0.05) is 43.3 Å². The second-order valence-corrected chi connectivity index (χ2v) is 9.67. The number of anilines is 1. The molecule has 2 heterocycles. The molecule has 1 atom stereocenters. The molecule has 2 aromatic rings. The maximum absolute atomic E-state index is 12.7. The quantitative estimate of drug-likeness (QED) is 0.474. The summed E-state index contributed by atoms with van der Waals surface area (Å²) in [6.45, 7) is 5.40. The van der Waals surface area contributed by atoms with E-state index in [1.54, 1.807) is 17.5 Å². The van der Waals surface area contributed by atoms with Crippen LogP contribution in [0.4, 0.5) is 5.82 Å². The minimum Gasteiger partial charge on any atom is -0.356 e. The van der Waals surface area contributed by atoms with Crippen molar-refractivity contribution in [3.05, 3.63) is 60.3 Å². The summed E-state index contributed by atoms with van der Waals surface area (Å²) >= 11 is 0. The Bertz CT molecular complexity index is 929. The molecule has 9 heteroatoms. The molecule has 0 amide bonds. The highest BCUT2D eigenvalue weighted by Gasteiger charge is 2.27. The van der Waals surface area contributed by atoms with Gasteiger partial charge in [-0.25, -0.2) is 13.4 Å². The molecule has 1 aromatic carbocycles. The van der Waals surface area contributed by atoms with E-state index in [1.807, 2.05) is 36.4 Å². The number of nitrogens with zero attached hydrogens (tertiary/aromatic N) is 4. The summed E-state index contributed by atoms with van der Waals surface area (Å²) in [6.07, 6.45) is 1.76. The first-order valence-electron chi connectivity index (χ1n) is 10.6. The third-order valence-corrected chi connectivity index (χ3v) is 7.30. The number of rotatable bonds is 8. The van der Waals surface area contributed by atoms with E-state index >= 15 is 0 Å². The van der Waals surface area contributed by atoms with Gasteiger partial charge in [-0.15, -0.1) is 0 Å². The zero-order chi connectivity index (χ0) is 22.1. The highest BCUT2D eigenvalue weighted by molar-refractivity contribution is 7.89. The Balaban J connectivity index is 1.41. The number of guanidine groups is 1. The van der Waals surface area contributed by atoms with Crippen LogP contribution in [0, 0.1) is 0 Å². The number of benzene rings is 1. The molecule has 1 unspecified atom stereocenters. The van der Waals surface area contributed by atoms with Crippen LogP contribution >= 0.6 is 0 Å². The summed E-state index contributed by atoms with van der Waals surface area (Å²) in [7, 11) is -1.64. The summed E-state index contributed by atoms with van der Waals surface area (Å²) in [6, 6.07) is 16.0. The highest BCUT2D eigenvalue weighted by Crippen LogP contribution is 2.15. The molecule has 3 rings (SSSR count). The van der Waals surface area contributed by atoms with Crippen molar-refractivity contribution in [2.24, 2.45) is 4.99 Å². The molecule has 0 spiro atoms. The molecule has 0 radical (unpaired) electrons. The first-order chi connectivity index (χ1) is 15.0. The van der Waals surface area contributed by atoms with Crippen molar-refractivity contribution in [2.45, 2.75) is 12.8 Å². The molecule has 2 N–H and O–H groups in total. The van der Waals surface area contributed by atoms with Gasteiger partial charge in [0.15, 0.2) is 5.96 Å². The van der Waals surface area contributed by atoms with Crippen LogP contribution in [-0.4, -0.2) is 75.7 Å². The monoisotopic (exact) mass is 444 g/mol. The Labute approximate surface area is 185 Å². The summed E-state index contributed by atoms with van der Waals surface area (Å²) < 4.78 is 27.1. The Morgan fingerprint density at radius 1 is 1.06 bits per heavy atom. The maximum Gasteiger partial charge on any atom is 0.215 e. The second-order valence-electron chi connectivity index (χ2n) is 7.58. The van der Waals surface area contributed by atoms with E-state index in [4.69, 9.17) is 0 Å². The average molecular weight is 445 g/mol. The largest absolute Gasteiger partial charge is 0.356 e. The molecule has 1 aliphatic heterocycles. The van der Waals surface area contributed by atoms with Crippen LogP contribution < -0.4 is 15.5 Å². The second kappa shape index (κ2) is 11.1. The lowest BCUT2D eigenvalue weighted by Crippen LogP contribution is -2.50. The number of hydrogen-bond donors (Lipinski definition) is 2. The summed E-state index contributed by atoms with van der Waals surface area (Å²) in [5.41, 5.74) is 1.25. The lowest BCUT2D eigenvalue weighted by atomic mass is 10.0. The van der Waals surface area contributed by atoms with E-state index in [1.165, 1.54) is 5.56 Å². The lowest BCUT2D eigenvalue weighted by Gasteiger charge is -2.34. The zero-order valence-corrected chi connectivity index (χ0v) is 19.1. The van der Waals surface area contributed by atoms with E-state index < -0.39 is 10.0 Å². The maximum atomic E-state index is 12.7. The fourth-order valence-corrected chi connectivity index (χ4v) is 4.87. The van der Waals surface area contributed by atoms with Gasteiger partial charge in [0.25, 0.3) is 0 Å². The topological polar surface area (TPSA) is 89.9 Å². The number of aromatic nitrogens is 1. The molecule has 31 heavy (non-hydrogen) atoms. The third kappa shape index (κ3) is 6.67. The van der Waals surface area contributed by atoms with Gasteiger partial charge < -0.3 is 15.5 Å². The number of hydrogen-bond acceptors (Lipinski definition) is 5. The van der Waals surface area contributed by atoms with Gasteiger partial charge >= 0.3 is 0 Å². The van der Waals surface area contributed by atoms with Crippen LogP contribution in [-0.2, 0) is 10.0 Å². The van der Waals surface area contributed by atoms with Gasteiger partial charge in [-0.3, -0.25) is 4.99 Å². The van der Waals surface area contributed by atoms with E-state index in [2.05, 4.69) is 44.6 Å². The molecule has 168 valence electrons. The Morgan fingerprint density at radius 3 is 2.42 bits per heavy atom. The van der Waals surface area contributed by atoms with Crippen molar-refractivity contribution >= 4 is 21.8 Å². The van der Waals surface area contributed by atoms with E-state index in [0.29, 0.717) is 51.1 Å². The van der Waals surface area contributed by atoms with Crippen LogP contribution in [0.25, 0.3) is 0 Å². The molecular formula is C22H32N6O2S. The Morgan fingerprint density at radius 2 is 1.77 bits per heavy atom. The standard InChI is InChI=1S/C22H32N6O2S/c1-19(20-8-4-3-5-9-20)18-26-22(23-2)25-12-17-31(29,30)28-15-13-27(14-16-28)21-10-6-7-11-24-21/h3-11,19H,12-18H2,1-2H3,(H2,23,25,26). The molecule has 0 saturated carbocycles. The van der Waals surface area contributed by atoms with Gasteiger partial charge in [0.1, 0.15) is 5.82 Å². The Kier molecular flexibility index (Phi) is 8.25. The molecule has 8 nitrogen and oxygen atoms in total. The van der Waals surface area contributed by atoms with E-state index in [9.17, 15) is 8.42 Å². The average Bonchev–Trinajstić information content (AvgIpc) is 2.82. The van der Waals surface area contributed by atoms with Crippen LogP contribution in [0.3, 0.4) is 0 Å². The molecule has 1 aliphatic rings. The Hall–Kier alpha value is -2.65. The van der Waals surface area contributed by atoms with Crippen molar-refractivity contribution in [3.63, 3.8) is 0 Å². The minimum atomic E-state index is -3.33. The van der Waals surface area contributed by atoms with Gasteiger partial charge in [-0.2, -0.15) is 4.31 Å². The molecular weight excluding hydrogens is 412 g/mol. The molecule has 1 aromatic heterocycles. The minimum absolute atomic E-state index is 0.0333. The van der Waals surface area contributed by atoms with Crippen LogP contribution in [0.1, 0.15) is 18.4 Å². The summed E-state index contributed by atoms with van der Waals surface area (Å²) in [5, 5.41) is 6.39. The van der Waals surface area contributed by atoms with Crippen LogP contribution in [0.2, 0.25) is 0 Å². The predicted molar refractivity (Wildman–Crippen MR) is 126 cm³/mol. The smallest absolute Gasteiger partial charge is 0.215 e. The molecule has 0 aliphatic carbocycles. The molecule has 1 saturated heterocycles. The number of piperazine rings is 1. The van der Waals surface area contributed by atoms with Crippen molar-refractivity contribution < 1.29 is 8.42 Å². The van der Waals surface area contributed by atoms with E-state index in [-0.39, 0.29) is 5.75 Å². The van der Waals surface area contributed by atoms with Crippen molar-refractivity contribution in [1.82, 2.24) is 19.9 Å². The summed E-state index contributed by atoms with van der Waals surface area (Å²) in [5.74, 6) is 1.85. The first-order valence-corrected chi connectivity index (χ1v) is 12.2. The van der Waals surface area contributed by atoms with Gasteiger partial charge in [0.05, 0.1) is 5.75 Å². The van der Waals surface area contributed by atoms with Crippen LogP contribution in [0.15, 0.2) is 59.7 Å². The number of nitrogens with one attached hydrogen (secondary N) is 2. The number of sulfonamides is 1. The first kappa shape index (κ1) is 23.0. The van der Waals surface area contributed by atoms with Gasteiger partial charge in [0.2, 0.25) is 10.0 Å². The van der Waals surface area contributed by atoms with Gasteiger partial charge in [0, 0.05) is 52.5 Å². The zero-order valence-electron chi connectivity index (χ0n) is 18.2. The molecule has 0 bridgehead atoms. The van der Waals surface area contributed by atoms with Gasteiger partial charge in [-0.05, 0) is 23.6 Å². The SMILES string of the molecule is CN=C(NCCS(=O)(=O)N1CCN(c2ccccn2)CC1)NCC(C)c1ccccc1. The normalized spacial score (nSPS) is 16.7. The van der Waals surface area contributed by atoms with Crippen molar-refractivity contribution in [3.8, 4) is 0 Å². The van der Waals surface area contributed by atoms with E-state index in [0.717, 1.165) is 5.82 Å².